The minimum absolute atomic E-state index is 0.138. The van der Waals surface area contributed by atoms with E-state index in [1.54, 1.807) is 29.5 Å². The van der Waals surface area contributed by atoms with Crippen LogP contribution in [0.25, 0.3) is 0 Å². The van der Waals surface area contributed by atoms with E-state index in [4.69, 9.17) is 21.3 Å². The molecule has 0 amide bonds. The van der Waals surface area contributed by atoms with Crippen molar-refractivity contribution >= 4 is 44.8 Å². The first-order valence-corrected chi connectivity index (χ1v) is 14.6. The third-order valence-corrected chi connectivity index (χ3v) is 9.62. The smallest absolute Gasteiger partial charge is 0.338 e. The van der Waals surface area contributed by atoms with Gasteiger partial charge in [0.1, 0.15) is 6.04 Å². The van der Waals surface area contributed by atoms with Gasteiger partial charge in [0.2, 0.25) is 10.0 Å². The van der Waals surface area contributed by atoms with Gasteiger partial charge in [-0.25, -0.2) is 31.7 Å². The Bertz CT molecular complexity index is 1390. The number of ether oxygens (including phenoxy) is 1. The third kappa shape index (κ3) is 5.04. The van der Waals surface area contributed by atoms with Crippen molar-refractivity contribution in [1.82, 2.24) is 14.6 Å². The maximum Gasteiger partial charge on any atom is 0.338 e. The van der Waals surface area contributed by atoms with Crippen LogP contribution in [-0.2, 0) is 19.6 Å². The third-order valence-electron chi connectivity index (χ3n) is 6.65. The quantitative estimate of drug-likeness (QED) is 0.500. The zero-order chi connectivity index (χ0) is 26.5. The molecule has 0 spiro atoms. The second-order valence-corrected chi connectivity index (χ2v) is 12.7. The largest absolute Gasteiger partial charge is 0.463 e. The Balaban J connectivity index is 1.56. The molecule has 1 aromatic heterocycles. The summed E-state index contributed by atoms with van der Waals surface area (Å²) in [4.78, 5) is 24.3. The van der Waals surface area contributed by atoms with Crippen LogP contribution in [-0.4, -0.2) is 60.5 Å². The number of carbonyl (C=O) groups excluding carboxylic acids is 1. The Labute approximate surface area is 222 Å². The van der Waals surface area contributed by atoms with E-state index in [2.05, 4.69) is 9.71 Å². The standard InChI is InChI=1S/C24H25ClF2N4O4S2/c1-3-35-23(32)19-18-9-14(30-37(33,34)15-10-24(26,27)11-15)12-31(18)21(22-28-6-7-36-22)29-20(19)16-5-4-13(2)8-17(16)25/h4-8,14-15,20,30H,3,9-12H2,1-2H3/t14-,20-/m0/s1. The van der Waals surface area contributed by atoms with Crippen LogP contribution in [0.4, 0.5) is 8.78 Å². The van der Waals surface area contributed by atoms with E-state index in [0.717, 1.165) is 5.56 Å². The van der Waals surface area contributed by atoms with Gasteiger partial charge >= 0.3 is 5.97 Å². The van der Waals surface area contributed by atoms with Crippen LogP contribution in [0.5, 0.6) is 0 Å². The normalized spacial score (nSPS) is 23.5. The molecule has 37 heavy (non-hydrogen) atoms. The van der Waals surface area contributed by atoms with Gasteiger partial charge < -0.3 is 9.64 Å². The molecule has 13 heteroatoms. The molecule has 2 atom stereocenters. The van der Waals surface area contributed by atoms with Crippen molar-refractivity contribution in [2.45, 2.75) is 56.4 Å². The fourth-order valence-corrected chi connectivity index (χ4v) is 7.60. The molecule has 1 aliphatic carbocycles. The van der Waals surface area contributed by atoms with Crippen molar-refractivity contribution in [2.24, 2.45) is 4.99 Å². The van der Waals surface area contributed by atoms with Gasteiger partial charge in [-0.1, -0.05) is 23.7 Å². The maximum atomic E-state index is 13.4. The number of esters is 1. The number of amidine groups is 1. The van der Waals surface area contributed by atoms with Crippen molar-refractivity contribution in [1.29, 1.82) is 0 Å². The lowest BCUT2D eigenvalue weighted by Gasteiger charge is -2.34. The fraction of sp³-hybridized carbons (Fsp3) is 0.458. The highest BCUT2D eigenvalue weighted by atomic mass is 35.5. The lowest BCUT2D eigenvalue weighted by molar-refractivity contribution is -0.139. The molecule has 0 radical (unpaired) electrons. The van der Waals surface area contributed by atoms with Crippen LogP contribution in [0.2, 0.25) is 5.02 Å². The Hall–Kier alpha value is -2.41. The number of hydrogen-bond acceptors (Lipinski definition) is 8. The Morgan fingerprint density at radius 2 is 2.11 bits per heavy atom. The number of sulfonamides is 1. The molecule has 2 fully saturated rings. The number of fused-ring (bicyclic) bond motifs is 1. The first-order valence-electron chi connectivity index (χ1n) is 11.8. The average Bonchev–Trinajstić information content (AvgIpc) is 3.46. The van der Waals surface area contributed by atoms with E-state index >= 15 is 0 Å². The van der Waals surface area contributed by atoms with Crippen LogP contribution < -0.4 is 4.72 Å². The molecule has 0 bridgehead atoms. The molecule has 1 aromatic carbocycles. The van der Waals surface area contributed by atoms with Gasteiger partial charge in [-0.15, -0.1) is 11.3 Å². The number of carbonyl (C=O) groups is 1. The first-order chi connectivity index (χ1) is 17.5. The highest BCUT2D eigenvalue weighted by Crippen LogP contribution is 2.44. The van der Waals surface area contributed by atoms with E-state index in [1.165, 1.54) is 11.3 Å². The lowest BCUT2D eigenvalue weighted by atomic mass is 9.94. The number of nitrogens with zero attached hydrogens (tertiary/aromatic N) is 3. The number of aryl methyl sites for hydroxylation is 1. The van der Waals surface area contributed by atoms with Crippen molar-refractivity contribution < 1.29 is 26.7 Å². The monoisotopic (exact) mass is 570 g/mol. The summed E-state index contributed by atoms with van der Waals surface area (Å²) in [6.07, 6.45) is 0.388. The Morgan fingerprint density at radius 1 is 1.35 bits per heavy atom. The lowest BCUT2D eigenvalue weighted by Crippen LogP contribution is -2.51. The van der Waals surface area contributed by atoms with E-state index < -0.39 is 52.1 Å². The summed E-state index contributed by atoms with van der Waals surface area (Å²) >= 11 is 7.95. The highest BCUT2D eigenvalue weighted by molar-refractivity contribution is 7.90. The van der Waals surface area contributed by atoms with Crippen LogP contribution >= 0.6 is 22.9 Å². The van der Waals surface area contributed by atoms with Crippen molar-refractivity contribution in [3.63, 3.8) is 0 Å². The van der Waals surface area contributed by atoms with Gasteiger partial charge in [0.15, 0.2) is 10.8 Å². The molecule has 3 aliphatic rings. The molecule has 198 valence electrons. The molecule has 5 rings (SSSR count). The van der Waals surface area contributed by atoms with Crippen LogP contribution in [0.15, 0.2) is 46.0 Å². The summed E-state index contributed by atoms with van der Waals surface area (Å²) in [6, 6.07) is 4.02. The zero-order valence-electron chi connectivity index (χ0n) is 20.1. The van der Waals surface area contributed by atoms with Crippen molar-refractivity contribution in [3.05, 3.63) is 62.2 Å². The van der Waals surface area contributed by atoms with Gasteiger partial charge in [0, 0.05) is 59.7 Å². The molecule has 3 heterocycles. The Morgan fingerprint density at radius 3 is 2.73 bits per heavy atom. The van der Waals surface area contributed by atoms with Gasteiger partial charge in [-0.05, 0) is 25.5 Å². The summed E-state index contributed by atoms with van der Waals surface area (Å²) in [5.74, 6) is -3.05. The molecule has 2 aromatic rings. The molecule has 1 N–H and O–H groups in total. The van der Waals surface area contributed by atoms with Crippen LogP contribution in [0.3, 0.4) is 0 Å². The summed E-state index contributed by atoms with van der Waals surface area (Å²) in [5, 5.41) is 1.67. The topological polar surface area (TPSA) is 101 Å². The number of halogens is 3. The summed E-state index contributed by atoms with van der Waals surface area (Å²) in [6.45, 7) is 3.90. The summed E-state index contributed by atoms with van der Waals surface area (Å²) < 4.78 is 60.4. The SMILES string of the molecule is CCOC(=O)C1=C2C[C@H](NS(=O)(=O)C3CC(F)(F)C3)CN2C(c2nccs2)=N[C@H]1c1ccc(C)cc1Cl. The van der Waals surface area contributed by atoms with Gasteiger partial charge in [-0.3, -0.25) is 4.99 Å². The summed E-state index contributed by atoms with van der Waals surface area (Å²) in [7, 11) is -3.99. The second kappa shape index (κ2) is 9.72. The average molecular weight is 571 g/mol. The molecule has 2 aliphatic heterocycles. The maximum absolute atomic E-state index is 13.4. The predicted molar refractivity (Wildman–Crippen MR) is 136 cm³/mol. The number of nitrogens with one attached hydrogen (secondary N) is 1. The minimum atomic E-state index is -3.99. The van der Waals surface area contributed by atoms with Gasteiger partial charge in [0.25, 0.3) is 5.92 Å². The number of thiazole rings is 1. The van der Waals surface area contributed by atoms with E-state index in [1.807, 2.05) is 19.1 Å². The molecule has 1 saturated heterocycles. The molecule has 0 unspecified atom stereocenters. The molecule has 1 saturated carbocycles. The molecular weight excluding hydrogens is 546 g/mol. The van der Waals surface area contributed by atoms with Crippen molar-refractivity contribution in [2.75, 3.05) is 13.2 Å². The Kier molecular flexibility index (Phi) is 6.88. The molecule has 8 nitrogen and oxygen atoms in total. The van der Waals surface area contributed by atoms with E-state index in [-0.39, 0.29) is 25.1 Å². The minimum Gasteiger partial charge on any atom is -0.463 e. The fourth-order valence-electron chi connectivity index (χ4n) is 4.88. The first kappa shape index (κ1) is 26.2. The van der Waals surface area contributed by atoms with Crippen molar-refractivity contribution in [3.8, 4) is 0 Å². The number of aromatic nitrogens is 1. The highest BCUT2D eigenvalue weighted by Gasteiger charge is 2.52. The summed E-state index contributed by atoms with van der Waals surface area (Å²) in [5.41, 5.74) is 2.37. The van der Waals surface area contributed by atoms with Gasteiger partial charge in [0.05, 0.1) is 17.4 Å². The van der Waals surface area contributed by atoms with E-state index in [0.29, 0.717) is 27.1 Å². The number of rotatable bonds is 7. The molecular formula is C24H25ClF2N4O4S2. The predicted octanol–water partition coefficient (Wildman–Crippen LogP) is 4.22. The zero-order valence-corrected chi connectivity index (χ0v) is 22.5. The number of benzene rings is 1. The van der Waals surface area contributed by atoms with Crippen LogP contribution in [0, 0.1) is 6.92 Å². The van der Waals surface area contributed by atoms with Crippen LogP contribution in [0.1, 0.15) is 48.4 Å². The van der Waals surface area contributed by atoms with Gasteiger partial charge in [-0.2, -0.15) is 0 Å². The number of alkyl halides is 2. The van der Waals surface area contributed by atoms with E-state index in [9.17, 15) is 22.0 Å². The second-order valence-electron chi connectivity index (χ2n) is 9.36. The number of hydrogen-bond donors (Lipinski definition) is 1. The number of aliphatic imine (C=N–C) groups is 1.